The highest BCUT2D eigenvalue weighted by molar-refractivity contribution is 5.94. The van der Waals surface area contributed by atoms with Crippen LogP contribution in [-0.4, -0.2) is 9.94 Å². The molecule has 3 N–H and O–H groups in total. The van der Waals surface area contributed by atoms with Crippen LogP contribution >= 0.6 is 0 Å². The van der Waals surface area contributed by atoms with Crippen LogP contribution in [0, 0.1) is 0 Å². The Balaban J connectivity index is 1.63. The first-order chi connectivity index (χ1) is 12.3. The van der Waals surface area contributed by atoms with Gasteiger partial charge in [-0.2, -0.15) is 9.94 Å². The highest BCUT2D eigenvalue weighted by Gasteiger charge is 2.33. The number of nitrogens with zero attached hydrogens (tertiary/aromatic N) is 1. The Morgan fingerprint density at radius 3 is 2.84 bits per heavy atom. The standard InChI is InChI=1S/C19H19N3O3/c23-22-17-11-10-16-18(19(17)25-20-22)14-8-4-5-9-15(14)21(16)24-12-13-6-2-1-3-7-13/h1-3,6-7,10-11,20,23H,4-5,8-9,12H2/p+1. The smallest absolute Gasteiger partial charge is 0.232 e. The van der Waals surface area contributed by atoms with Crippen molar-refractivity contribution in [2.24, 2.45) is 0 Å². The van der Waals surface area contributed by atoms with Crippen molar-refractivity contribution in [3.05, 3.63) is 59.3 Å². The Bertz CT molecular complexity index is 936. The Morgan fingerprint density at radius 1 is 1.12 bits per heavy atom. The number of fused-ring (bicyclic) bond motifs is 5. The fourth-order valence-corrected chi connectivity index (χ4v) is 3.87. The van der Waals surface area contributed by atoms with Gasteiger partial charge < -0.3 is 9.68 Å². The predicted octanol–water partition coefficient (Wildman–Crippen LogP) is 1.87. The SMILES string of the molecule is O[NH+]1NOc2c1ccc1c2c2c(n1OCc1ccccc1)CCCC2. The topological polar surface area (TPSA) is 60.1 Å². The Kier molecular flexibility index (Phi) is 3.41. The average molecular weight is 338 g/mol. The first kappa shape index (κ1) is 14.8. The molecule has 1 aliphatic carbocycles. The maximum atomic E-state index is 9.95. The Labute approximate surface area is 145 Å². The van der Waals surface area contributed by atoms with E-state index < -0.39 is 0 Å². The Hall–Kier alpha value is -2.54. The lowest BCUT2D eigenvalue weighted by atomic mass is 9.95. The van der Waals surface area contributed by atoms with Gasteiger partial charge in [-0.1, -0.05) is 35.5 Å². The normalized spacial score (nSPS) is 18.7. The first-order valence-electron chi connectivity index (χ1n) is 8.68. The highest BCUT2D eigenvalue weighted by atomic mass is 16.8. The van der Waals surface area contributed by atoms with Crippen LogP contribution in [0.25, 0.3) is 10.9 Å². The van der Waals surface area contributed by atoms with Gasteiger partial charge in [0.25, 0.3) is 0 Å². The second kappa shape index (κ2) is 5.77. The number of nitrogens with one attached hydrogen (secondary N) is 2. The number of hydrogen-bond acceptors (Lipinski definition) is 4. The number of hydrogen-bond donors (Lipinski definition) is 3. The van der Waals surface area contributed by atoms with Gasteiger partial charge in [0.15, 0.2) is 0 Å². The largest absolute Gasteiger partial charge is 0.409 e. The Morgan fingerprint density at radius 2 is 1.96 bits per heavy atom. The lowest BCUT2D eigenvalue weighted by molar-refractivity contribution is -1.08. The minimum Gasteiger partial charge on any atom is -0.409 e. The quantitative estimate of drug-likeness (QED) is 0.682. The van der Waals surface area contributed by atoms with E-state index >= 15 is 0 Å². The van der Waals surface area contributed by atoms with Crippen molar-refractivity contribution in [3.8, 4) is 5.75 Å². The van der Waals surface area contributed by atoms with E-state index in [1.807, 2.05) is 35.1 Å². The second-order valence-electron chi connectivity index (χ2n) is 6.57. The van der Waals surface area contributed by atoms with Crippen LogP contribution in [-0.2, 0) is 19.4 Å². The van der Waals surface area contributed by atoms with Gasteiger partial charge in [-0.25, -0.2) is 0 Å². The van der Waals surface area contributed by atoms with Crippen LogP contribution in [0.5, 0.6) is 5.75 Å². The molecule has 5 rings (SSSR count). The molecule has 0 radical (unpaired) electrons. The van der Waals surface area contributed by atoms with Crippen molar-refractivity contribution in [1.29, 1.82) is 0 Å². The molecule has 2 aliphatic rings. The number of benzene rings is 2. The van der Waals surface area contributed by atoms with Crippen molar-refractivity contribution >= 4 is 16.6 Å². The number of rotatable bonds is 3. The zero-order chi connectivity index (χ0) is 16.8. The van der Waals surface area contributed by atoms with Crippen molar-refractivity contribution in [1.82, 2.24) is 10.3 Å². The molecule has 0 fully saturated rings. The number of quaternary nitrogens is 1. The molecular weight excluding hydrogens is 318 g/mol. The van der Waals surface area contributed by atoms with Crippen LogP contribution < -0.4 is 20.4 Å². The molecule has 6 nitrogen and oxygen atoms in total. The summed E-state index contributed by atoms with van der Waals surface area (Å²) in [4.78, 5) is 11.8. The molecule has 0 spiro atoms. The van der Waals surface area contributed by atoms with Crippen LogP contribution in [0.2, 0.25) is 0 Å². The summed E-state index contributed by atoms with van der Waals surface area (Å²) in [7, 11) is 0. The molecule has 1 atom stereocenters. The van der Waals surface area contributed by atoms with Crippen molar-refractivity contribution in [2.75, 3.05) is 0 Å². The molecule has 1 aromatic heterocycles. The van der Waals surface area contributed by atoms with Crippen LogP contribution in [0.1, 0.15) is 29.7 Å². The van der Waals surface area contributed by atoms with Gasteiger partial charge in [0, 0.05) is 11.7 Å². The molecule has 25 heavy (non-hydrogen) atoms. The van der Waals surface area contributed by atoms with Gasteiger partial charge >= 0.3 is 0 Å². The summed E-state index contributed by atoms with van der Waals surface area (Å²) in [6, 6.07) is 14.1. The third kappa shape index (κ3) is 2.30. The third-order valence-electron chi connectivity index (χ3n) is 5.05. The van der Waals surface area contributed by atoms with E-state index in [4.69, 9.17) is 9.68 Å². The zero-order valence-corrected chi connectivity index (χ0v) is 13.8. The summed E-state index contributed by atoms with van der Waals surface area (Å²) < 4.78 is 1.97. The van der Waals surface area contributed by atoms with Crippen molar-refractivity contribution < 1.29 is 20.1 Å². The van der Waals surface area contributed by atoms with Gasteiger partial charge in [0.1, 0.15) is 6.61 Å². The van der Waals surface area contributed by atoms with Crippen LogP contribution in [0.15, 0.2) is 42.5 Å². The monoisotopic (exact) mass is 338 g/mol. The van der Waals surface area contributed by atoms with E-state index in [2.05, 4.69) is 17.7 Å². The fraction of sp³-hybridized carbons (Fsp3) is 0.263. The van der Waals surface area contributed by atoms with E-state index in [9.17, 15) is 5.21 Å². The highest BCUT2D eigenvalue weighted by Crippen LogP contribution is 2.40. The number of aryl methyl sites for hydroxylation is 1. The molecule has 1 unspecified atom stereocenters. The summed E-state index contributed by atoms with van der Waals surface area (Å²) in [5.74, 6) is 0.704. The molecule has 128 valence electrons. The molecular formula is C19H20N3O3+. The van der Waals surface area contributed by atoms with E-state index in [1.165, 1.54) is 11.3 Å². The summed E-state index contributed by atoms with van der Waals surface area (Å²) in [6.07, 6.45) is 4.33. The molecule has 6 heteroatoms. The molecule has 2 aromatic carbocycles. The molecule has 3 aromatic rings. The summed E-state index contributed by atoms with van der Waals surface area (Å²) in [6.45, 7) is 0.518. The minimum absolute atomic E-state index is 0.0689. The van der Waals surface area contributed by atoms with E-state index in [0.29, 0.717) is 18.0 Å². The molecule has 1 aliphatic heterocycles. The molecule has 0 saturated carbocycles. The van der Waals surface area contributed by atoms with E-state index in [-0.39, 0.29) is 5.17 Å². The predicted molar refractivity (Wildman–Crippen MR) is 91.5 cm³/mol. The summed E-state index contributed by atoms with van der Waals surface area (Å²) >= 11 is 0. The zero-order valence-electron chi connectivity index (χ0n) is 13.8. The van der Waals surface area contributed by atoms with Crippen molar-refractivity contribution in [2.45, 2.75) is 32.3 Å². The lowest BCUT2D eigenvalue weighted by Gasteiger charge is -2.16. The van der Waals surface area contributed by atoms with E-state index in [0.717, 1.165) is 42.1 Å². The van der Waals surface area contributed by atoms with E-state index in [1.54, 1.807) is 0 Å². The summed E-state index contributed by atoms with van der Waals surface area (Å²) in [5.41, 5.74) is 7.92. The van der Waals surface area contributed by atoms with Gasteiger partial charge in [-0.15, -0.1) is 0 Å². The molecule has 0 bridgehead atoms. The van der Waals surface area contributed by atoms with Crippen LogP contribution in [0.3, 0.4) is 0 Å². The third-order valence-corrected chi connectivity index (χ3v) is 5.05. The van der Waals surface area contributed by atoms with Gasteiger partial charge in [0.05, 0.1) is 16.6 Å². The maximum absolute atomic E-state index is 9.95. The minimum atomic E-state index is 0.0689. The van der Waals surface area contributed by atoms with Crippen LogP contribution in [0.4, 0.5) is 5.69 Å². The molecule has 2 heterocycles. The second-order valence-corrected chi connectivity index (χ2v) is 6.57. The average Bonchev–Trinajstić information content (AvgIpc) is 3.19. The van der Waals surface area contributed by atoms with Gasteiger partial charge in [0.2, 0.25) is 11.4 Å². The fourth-order valence-electron chi connectivity index (χ4n) is 3.87. The number of aromatic nitrogens is 1. The first-order valence-corrected chi connectivity index (χ1v) is 8.68. The van der Waals surface area contributed by atoms with Crippen molar-refractivity contribution in [3.63, 3.8) is 0 Å². The van der Waals surface area contributed by atoms with Gasteiger partial charge in [-0.3, -0.25) is 0 Å². The molecule has 0 amide bonds. The van der Waals surface area contributed by atoms with Gasteiger partial charge in [-0.05, 0) is 42.9 Å². The summed E-state index contributed by atoms with van der Waals surface area (Å²) in [5, 5.41) is 11.1. The molecule has 0 saturated heterocycles. The lowest BCUT2D eigenvalue weighted by Crippen LogP contribution is -3.10. The maximum Gasteiger partial charge on any atom is 0.232 e.